The summed E-state index contributed by atoms with van der Waals surface area (Å²) >= 11 is 0. The monoisotopic (exact) mass is 241 g/mol. The van der Waals surface area contributed by atoms with Crippen LogP contribution in [0.25, 0.3) is 0 Å². The number of nitro groups is 1. The zero-order valence-corrected chi connectivity index (χ0v) is 9.44. The molecule has 1 rings (SSSR count). The highest BCUT2D eigenvalue weighted by atomic mass is 19.1. The van der Waals surface area contributed by atoms with Crippen LogP contribution in [0.5, 0.6) is 0 Å². The number of nitrogens with zero attached hydrogens (tertiary/aromatic N) is 2. The van der Waals surface area contributed by atoms with Crippen molar-refractivity contribution in [3.05, 3.63) is 34.1 Å². The second-order valence-electron chi connectivity index (χ2n) is 3.71. The van der Waals surface area contributed by atoms with Gasteiger partial charge in [-0.1, -0.05) is 0 Å². The first-order valence-corrected chi connectivity index (χ1v) is 4.78. The molecular weight excluding hydrogens is 229 g/mol. The maximum Gasteiger partial charge on any atom is 0.304 e. The minimum absolute atomic E-state index is 0.151. The molecule has 0 saturated heterocycles. The fourth-order valence-electron chi connectivity index (χ4n) is 1.22. The number of carbonyl (C=O) groups is 1. The maximum absolute atomic E-state index is 13.2. The van der Waals surface area contributed by atoms with Gasteiger partial charge in [0.1, 0.15) is 0 Å². The van der Waals surface area contributed by atoms with Gasteiger partial charge in [-0.05, 0) is 20.2 Å². The number of likely N-dealkylation sites (N-methyl/N-ethyl adjacent to an activating group) is 1. The van der Waals surface area contributed by atoms with Crippen LogP contribution in [0, 0.1) is 15.9 Å². The molecule has 0 bridgehead atoms. The van der Waals surface area contributed by atoms with Crippen molar-refractivity contribution in [1.82, 2.24) is 4.90 Å². The van der Waals surface area contributed by atoms with Gasteiger partial charge in [-0.2, -0.15) is 4.39 Å². The van der Waals surface area contributed by atoms with Gasteiger partial charge in [-0.15, -0.1) is 0 Å². The molecule has 92 valence electrons. The van der Waals surface area contributed by atoms with Crippen LogP contribution < -0.4 is 5.32 Å². The largest absolute Gasteiger partial charge is 0.325 e. The molecule has 0 spiro atoms. The van der Waals surface area contributed by atoms with Gasteiger partial charge in [0.05, 0.1) is 11.5 Å². The van der Waals surface area contributed by atoms with E-state index in [9.17, 15) is 19.3 Å². The van der Waals surface area contributed by atoms with Crippen LogP contribution in [0.15, 0.2) is 18.2 Å². The highest BCUT2D eigenvalue weighted by Crippen LogP contribution is 2.20. The number of nitro benzene ring substituents is 1. The second kappa shape index (κ2) is 5.35. The van der Waals surface area contributed by atoms with E-state index in [0.29, 0.717) is 0 Å². The first kappa shape index (κ1) is 13.0. The summed E-state index contributed by atoms with van der Waals surface area (Å²) in [6.45, 7) is 0.151. The van der Waals surface area contributed by atoms with Gasteiger partial charge in [0.25, 0.3) is 0 Å². The number of hydrogen-bond acceptors (Lipinski definition) is 4. The molecule has 1 aromatic rings. The molecule has 0 saturated carbocycles. The summed E-state index contributed by atoms with van der Waals surface area (Å²) < 4.78 is 13.2. The normalized spacial score (nSPS) is 10.4. The zero-order valence-electron chi connectivity index (χ0n) is 9.44. The molecule has 0 aromatic heterocycles. The summed E-state index contributed by atoms with van der Waals surface area (Å²) in [6.07, 6.45) is 0. The van der Waals surface area contributed by atoms with Crippen LogP contribution in [0.3, 0.4) is 0 Å². The van der Waals surface area contributed by atoms with E-state index in [1.807, 2.05) is 0 Å². The Hall–Kier alpha value is -2.02. The van der Waals surface area contributed by atoms with Gasteiger partial charge in [-0.25, -0.2) is 0 Å². The highest BCUT2D eigenvalue weighted by molar-refractivity contribution is 5.92. The maximum atomic E-state index is 13.2. The number of halogens is 1. The first-order chi connectivity index (χ1) is 7.90. The number of anilines is 1. The van der Waals surface area contributed by atoms with Gasteiger partial charge in [-0.3, -0.25) is 14.9 Å². The lowest BCUT2D eigenvalue weighted by Crippen LogP contribution is -2.27. The Morgan fingerprint density at radius 2 is 2.18 bits per heavy atom. The van der Waals surface area contributed by atoms with Crippen molar-refractivity contribution in [2.75, 3.05) is 26.0 Å². The van der Waals surface area contributed by atoms with E-state index in [4.69, 9.17) is 0 Å². The molecule has 1 aromatic carbocycles. The van der Waals surface area contributed by atoms with E-state index in [1.165, 1.54) is 6.07 Å². The lowest BCUT2D eigenvalue weighted by molar-refractivity contribution is -0.387. The molecule has 1 amide bonds. The predicted molar refractivity (Wildman–Crippen MR) is 60.2 cm³/mol. The summed E-state index contributed by atoms with van der Waals surface area (Å²) in [6, 6.07) is 3.22. The number of amides is 1. The van der Waals surface area contributed by atoms with Gasteiger partial charge < -0.3 is 10.2 Å². The quantitative estimate of drug-likeness (QED) is 0.635. The Bertz CT molecular complexity index is 448. The van der Waals surface area contributed by atoms with E-state index in [-0.39, 0.29) is 18.1 Å². The summed E-state index contributed by atoms with van der Waals surface area (Å²) in [4.78, 5) is 22.5. The fourth-order valence-corrected chi connectivity index (χ4v) is 1.22. The molecule has 0 radical (unpaired) electrons. The molecule has 0 heterocycles. The number of benzene rings is 1. The van der Waals surface area contributed by atoms with Crippen molar-refractivity contribution < 1.29 is 14.1 Å². The first-order valence-electron chi connectivity index (χ1n) is 4.78. The standard InChI is InChI=1S/C10H12FN3O3/c1-13(2)6-10(15)12-7-3-4-9(14(16)17)8(11)5-7/h3-5H,6H2,1-2H3,(H,12,15). The van der Waals surface area contributed by atoms with Crippen LogP contribution in [-0.4, -0.2) is 36.4 Å². The van der Waals surface area contributed by atoms with Crippen LogP contribution in [0.2, 0.25) is 0 Å². The van der Waals surface area contributed by atoms with E-state index in [2.05, 4.69) is 5.32 Å². The van der Waals surface area contributed by atoms with E-state index < -0.39 is 16.4 Å². The molecule has 17 heavy (non-hydrogen) atoms. The Kier molecular flexibility index (Phi) is 4.11. The summed E-state index contributed by atoms with van der Waals surface area (Å²) in [5.74, 6) is -1.29. The summed E-state index contributed by atoms with van der Waals surface area (Å²) in [7, 11) is 3.44. The Morgan fingerprint density at radius 1 is 1.53 bits per heavy atom. The SMILES string of the molecule is CN(C)CC(=O)Nc1ccc([N+](=O)[O-])c(F)c1. The molecule has 1 N–H and O–H groups in total. The minimum atomic E-state index is -0.974. The van der Waals surface area contributed by atoms with E-state index >= 15 is 0 Å². The van der Waals surface area contributed by atoms with E-state index in [1.54, 1.807) is 19.0 Å². The number of carbonyl (C=O) groups excluding carboxylic acids is 1. The summed E-state index contributed by atoms with van der Waals surface area (Å²) in [5, 5.41) is 12.8. The molecule has 0 aliphatic rings. The van der Waals surface area contributed by atoms with E-state index in [0.717, 1.165) is 12.1 Å². The topological polar surface area (TPSA) is 75.5 Å². The lowest BCUT2D eigenvalue weighted by Gasteiger charge is -2.09. The van der Waals surface area contributed by atoms with Gasteiger partial charge in [0.2, 0.25) is 11.7 Å². The number of hydrogen-bond donors (Lipinski definition) is 1. The van der Waals surface area contributed by atoms with Crippen molar-refractivity contribution in [1.29, 1.82) is 0 Å². The van der Waals surface area contributed by atoms with Crippen molar-refractivity contribution in [2.24, 2.45) is 0 Å². The third-order valence-corrected chi connectivity index (χ3v) is 1.89. The molecule has 0 unspecified atom stereocenters. The van der Waals surface area contributed by atoms with Crippen LogP contribution in [-0.2, 0) is 4.79 Å². The van der Waals surface area contributed by atoms with Crippen LogP contribution >= 0.6 is 0 Å². The van der Waals surface area contributed by atoms with Crippen molar-refractivity contribution in [3.8, 4) is 0 Å². The van der Waals surface area contributed by atoms with Crippen molar-refractivity contribution in [2.45, 2.75) is 0 Å². The molecular formula is C10H12FN3O3. The Balaban J connectivity index is 2.77. The lowest BCUT2D eigenvalue weighted by atomic mass is 10.2. The highest BCUT2D eigenvalue weighted by Gasteiger charge is 2.14. The third kappa shape index (κ3) is 3.80. The zero-order chi connectivity index (χ0) is 13.0. The van der Waals surface area contributed by atoms with Gasteiger partial charge in [0, 0.05) is 17.8 Å². The molecule has 6 nitrogen and oxygen atoms in total. The van der Waals surface area contributed by atoms with Crippen molar-refractivity contribution in [3.63, 3.8) is 0 Å². The van der Waals surface area contributed by atoms with Crippen molar-refractivity contribution >= 4 is 17.3 Å². The van der Waals surface area contributed by atoms with Crippen LogP contribution in [0.1, 0.15) is 0 Å². The molecule has 7 heteroatoms. The Labute approximate surface area is 97.2 Å². The molecule has 0 aliphatic carbocycles. The fraction of sp³-hybridized carbons (Fsp3) is 0.300. The Morgan fingerprint density at radius 3 is 2.65 bits per heavy atom. The number of rotatable bonds is 4. The number of nitrogens with one attached hydrogen (secondary N) is 1. The minimum Gasteiger partial charge on any atom is -0.325 e. The molecule has 0 atom stereocenters. The third-order valence-electron chi connectivity index (χ3n) is 1.89. The molecule has 0 aliphatic heterocycles. The van der Waals surface area contributed by atoms with Gasteiger partial charge >= 0.3 is 5.69 Å². The second-order valence-corrected chi connectivity index (χ2v) is 3.71. The average molecular weight is 241 g/mol. The van der Waals surface area contributed by atoms with Gasteiger partial charge in [0.15, 0.2) is 0 Å². The van der Waals surface area contributed by atoms with Crippen LogP contribution in [0.4, 0.5) is 15.8 Å². The average Bonchev–Trinajstić information content (AvgIpc) is 2.15. The smallest absolute Gasteiger partial charge is 0.304 e. The predicted octanol–water partition coefficient (Wildman–Crippen LogP) is 1.23. The molecule has 0 fully saturated rings. The summed E-state index contributed by atoms with van der Waals surface area (Å²) in [5.41, 5.74) is -0.421.